The normalized spacial score (nSPS) is 21.2. The lowest BCUT2D eigenvalue weighted by atomic mass is 10.0. The van der Waals surface area contributed by atoms with E-state index in [2.05, 4.69) is 35.8 Å². The third kappa shape index (κ3) is 6.78. The number of rotatable bonds is 11. The zero-order chi connectivity index (χ0) is 34.2. The van der Waals surface area contributed by atoms with Crippen LogP contribution in [-0.2, 0) is 37.6 Å². The van der Waals surface area contributed by atoms with Gasteiger partial charge in [-0.1, -0.05) is 5.16 Å². The fourth-order valence-electron chi connectivity index (χ4n) is 4.91. The number of carbonyl (C=O) groups excluding carboxylic acids is 3. The second-order valence-corrected chi connectivity index (χ2v) is 13.1. The summed E-state index contributed by atoms with van der Waals surface area (Å²) in [6.45, 7) is 3.93. The number of carboxylic acids is 2. The van der Waals surface area contributed by atoms with Crippen LogP contribution in [0.25, 0.3) is 0 Å². The molecule has 0 aliphatic carbocycles. The summed E-state index contributed by atoms with van der Waals surface area (Å²) >= 11 is 1.98. The predicted molar refractivity (Wildman–Crippen MR) is 167 cm³/mol. The number of nitrogen functional groups attached to an aromatic ring is 2. The molecule has 10 N–H and O–H groups in total. The van der Waals surface area contributed by atoms with E-state index in [9.17, 15) is 34.2 Å². The number of hydrogen-bond donors (Lipinski definition) is 8. The van der Waals surface area contributed by atoms with Crippen molar-refractivity contribution in [1.29, 1.82) is 0 Å². The number of nitrogens with one attached hydrogen (secondary N) is 4. The number of hydrogen-bond acceptors (Lipinski definition) is 14. The SMILES string of the molecule is Cn1c(N)c(NC(=O)N[C@H]2CCNC2)c[n+]1CC1=C(C(=O)O)N2C(=O)[C@@H](NC(=O)/C(=N/OC(C)(C)C(=O)O)c3nsc(N)n3)[C@H]2SC1. The summed E-state index contributed by atoms with van der Waals surface area (Å²) in [5.41, 5.74) is 9.99. The average molecular weight is 694 g/mol. The number of nitrogens with two attached hydrogens (primary N) is 2. The van der Waals surface area contributed by atoms with Crippen molar-refractivity contribution in [1.82, 2.24) is 34.9 Å². The molecule has 2 saturated heterocycles. The number of thioether (sulfide) groups is 1. The van der Waals surface area contributed by atoms with Gasteiger partial charge < -0.3 is 42.5 Å². The molecule has 2 fully saturated rings. The summed E-state index contributed by atoms with van der Waals surface area (Å²) in [6.07, 6.45) is 2.37. The molecule has 5 heterocycles. The number of carboxylic acid groups (broad SMARTS) is 2. The standard InChI is InChI=1S/C25H32N12O8S2/c1-25(2,22(42)43)45-33-13(17-32-23(27)47-34-17)18(38)31-14-19(39)37-15(21(40)41)10(9-46-20(14)37)7-36-8-12(16(26)35(36)3)30-24(44)29-11-4-5-28-6-11/h8,11,14,20,26,28H,4-7,9H2,1-3H3,(H7,27,29,30,31,32,34,38,40,41,42,43,44)/p+1/b33-13+/t11-,14+,20+/m0/s1. The van der Waals surface area contributed by atoms with Crippen LogP contribution in [0.15, 0.2) is 22.6 Å². The first-order valence-electron chi connectivity index (χ1n) is 14.1. The van der Waals surface area contributed by atoms with E-state index in [0.29, 0.717) is 17.8 Å². The van der Waals surface area contributed by atoms with Gasteiger partial charge in [-0.3, -0.25) is 19.8 Å². The number of urea groups is 1. The van der Waals surface area contributed by atoms with E-state index in [1.165, 1.54) is 25.6 Å². The highest BCUT2D eigenvalue weighted by molar-refractivity contribution is 8.00. The maximum atomic E-state index is 13.3. The largest absolute Gasteiger partial charge is 0.478 e. The van der Waals surface area contributed by atoms with Crippen LogP contribution in [0.1, 0.15) is 26.1 Å². The Morgan fingerprint density at radius 3 is 2.62 bits per heavy atom. The summed E-state index contributed by atoms with van der Waals surface area (Å²) in [4.78, 5) is 73.1. The first-order valence-corrected chi connectivity index (χ1v) is 15.9. The van der Waals surface area contributed by atoms with Crippen LogP contribution in [0, 0.1) is 0 Å². The second kappa shape index (κ2) is 13.0. The van der Waals surface area contributed by atoms with Gasteiger partial charge in [-0.25, -0.2) is 14.4 Å². The van der Waals surface area contributed by atoms with Gasteiger partial charge in [0.15, 0.2) is 23.2 Å². The first-order chi connectivity index (χ1) is 22.2. The summed E-state index contributed by atoms with van der Waals surface area (Å²) < 4.78 is 7.09. The summed E-state index contributed by atoms with van der Waals surface area (Å²) in [5.74, 6) is -4.19. The Balaban J connectivity index is 1.31. The van der Waals surface area contributed by atoms with Gasteiger partial charge in [0.2, 0.25) is 23.3 Å². The minimum absolute atomic E-state index is 0.00105. The van der Waals surface area contributed by atoms with E-state index in [1.807, 2.05) is 0 Å². The van der Waals surface area contributed by atoms with Gasteiger partial charge in [0, 0.05) is 35.4 Å². The van der Waals surface area contributed by atoms with Crippen LogP contribution in [0.3, 0.4) is 0 Å². The highest BCUT2D eigenvalue weighted by Gasteiger charge is 2.55. The molecule has 0 spiro atoms. The lowest BCUT2D eigenvalue weighted by molar-refractivity contribution is -0.765. The molecule has 20 nitrogen and oxygen atoms in total. The number of β-lactam (4-membered cyclic amide) rings is 1. The lowest BCUT2D eigenvalue weighted by Gasteiger charge is -2.49. The van der Waals surface area contributed by atoms with E-state index in [-0.39, 0.29) is 40.8 Å². The summed E-state index contributed by atoms with van der Waals surface area (Å²) in [7, 11) is 1.64. The van der Waals surface area contributed by atoms with Gasteiger partial charge in [0.25, 0.3) is 11.8 Å². The van der Waals surface area contributed by atoms with E-state index in [0.717, 1.165) is 29.4 Å². The molecule has 0 radical (unpaired) electrons. The van der Waals surface area contributed by atoms with Crippen LogP contribution in [0.5, 0.6) is 0 Å². The third-order valence-corrected chi connectivity index (χ3v) is 9.45. The fourth-order valence-corrected chi connectivity index (χ4v) is 6.68. The summed E-state index contributed by atoms with van der Waals surface area (Å²) in [6, 6.07) is -1.59. The molecule has 0 unspecified atom stereocenters. The van der Waals surface area contributed by atoms with Gasteiger partial charge in [0.1, 0.15) is 17.1 Å². The van der Waals surface area contributed by atoms with Crippen LogP contribution in [0.2, 0.25) is 0 Å². The average Bonchev–Trinajstić information content (AvgIpc) is 3.74. The van der Waals surface area contributed by atoms with Crippen LogP contribution in [-0.4, -0.2) is 107 Å². The molecule has 2 aromatic heterocycles. The zero-order valence-corrected chi connectivity index (χ0v) is 27.0. The van der Waals surface area contributed by atoms with Crippen molar-refractivity contribution in [2.75, 3.05) is 35.6 Å². The third-order valence-electron chi connectivity index (χ3n) is 7.57. The van der Waals surface area contributed by atoms with Crippen LogP contribution >= 0.6 is 23.3 Å². The molecule has 47 heavy (non-hydrogen) atoms. The fraction of sp³-hybridized carbons (Fsp3) is 0.480. The molecule has 0 aromatic carbocycles. The topological polar surface area (TPSA) is 285 Å². The molecule has 22 heteroatoms. The van der Waals surface area contributed by atoms with E-state index < -0.39 is 52.5 Å². The molecule has 3 atom stereocenters. The van der Waals surface area contributed by atoms with Crippen molar-refractivity contribution in [3.05, 3.63) is 23.3 Å². The molecular formula is C25H33N12O8S2+. The first kappa shape index (κ1) is 33.4. The Bertz CT molecular complexity index is 1700. The molecule has 252 valence electrons. The lowest BCUT2D eigenvalue weighted by Crippen LogP contribution is -2.71. The Kier molecular flexibility index (Phi) is 9.27. The molecule has 0 bridgehead atoms. The quantitative estimate of drug-likeness (QED) is 0.0538. The molecule has 2 aromatic rings. The number of amides is 4. The molecule has 3 aliphatic heterocycles. The van der Waals surface area contributed by atoms with Gasteiger partial charge in [-0.05, 0) is 26.8 Å². The number of oxime groups is 1. The van der Waals surface area contributed by atoms with Gasteiger partial charge >= 0.3 is 18.0 Å². The van der Waals surface area contributed by atoms with Gasteiger partial charge in [0.05, 0.1) is 7.05 Å². The van der Waals surface area contributed by atoms with Gasteiger partial charge in [-0.2, -0.15) is 9.36 Å². The zero-order valence-electron chi connectivity index (χ0n) is 25.3. The Morgan fingerprint density at radius 2 is 2.00 bits per heavy atom. The van der Waals surface area contributed by atoms with Crippen molar-refractivity contribution in [3.8, 4) is 0 Å². The van der Waals surface area contributed by atoms with E-state index >= 15 is 0 Å². The molecule has 3 aliphatic rings. The number of aliphatic carboxylic acids is 2. The number of aromatic nitrogens is 4. The van der Waals surface area contributed by atoms with Crippen molar-refractivity contribution >= 4 is 75.4 Å². The van der Waals surface area contributed by atoms with E-state index in [4.69, 9.17) is 16.3 Å². The number of carbonyl (C=O) groups is 5. The molecule has 5 rings (SSSR count). The minimum atomic E-state index is -1.82. The maximum Gasteiger partial charge on any atom is 0.352 e. The predicted octanol–water partition coefficient (Wildman–Crippen LogP) is -2.17. The Morgan fingerprint density at radius 1 is 1.26 bits per heavy atom. The molecular weight excluding hydrogens is 660 g/mol. The highest BCUT2D eigenvalue weighted by atomic mass is 32.2. The van der Waals surface area contributed by atoms with Crippen LogP contribution < -0.4 is 37.4 Å². The smallest absolute Gasteiger partial charge is 0.352 e. The van der Waals surface area contributed by atoms with Crippen molar-refractivity contribution in [3.63, 3.8) is 0 Å². The molecule has 0 saturated carbocycles. The minimum Gasteiger partial charge on any atom is -0.478 e. The van der Waals surface area contributed by atoms with Gasteiger partial charge in [-0.15, -0.1) is 21.1 Å². The number of fused-ring (bicyclic) bond motifs is 1. The highest BCUT2D eigenvalue weighted by Crippen LogP contribution is 2.40. The second-order valence-electron chi connectivity index (χ2n) is 11.3. The monoisotopic (exact) mass is 693 g/mol. The van der Waals surface area contributed by atoms with E-state index in [1.54, 1.807) is 22.6 Å². The van der Waals surface area contributed by atoms with Crippen molar-refractivity contribution in [2.24, 2.45) is 12.2 Å². The number of anilines is 3. The Hall–Kier alpha value is -4.96. The summed E-state index contributed by atoms with van der Waals surface area (Å²) in [5, 5.41) is 33.6. The number of nitrogens with zero attached hydrogens (tertiary/aromatic N) is 6. The molecule has 4 amide bonds. The van der Waals surface area contributed by atoms with Crippen LogP contribution in [0.4, 0.5) is 21.4 Å². The Labute approximate surface area is 274 Å². The maximum absolute atomic E-state index is 13.3. The van der Waals surface area contributed by atoms with Crippen molar-refractivity contribution < 1.29 is 43.7 Å². The van der Waals surface area contributed by atoms with Crippen molar-refractivity contribution in [2.45, 2.75) is 49.9 Å².